The van der Waals surface area contributed by atoms with Crippen LogP contribution in [0.1, 0.15) is 12.8 Å². The molecule has 0 aliphatic carbocycles. The van der Waals surface area contributed by atoms with Gasteiger partial charge in [0.15, 0.2) is 6.29 Å². The van der Waals surface area contributed by atoms with E-state index >= 15 is 0 Å². The van der Waals surface area contributed by atoms with Gasteiger partial charge in [-0.25, -0.2) is 0 Å². The van der Waals surface area contributed by atoms with Crippen molar-refractivity contribution in [1.82, 2.24) is 0 Å². The molecule has 2 rings (SSSR count). The summed E-state index contributed by atoms with van der Waals surface area (Å²) in [5, 5.41) is 0. The highest BCUT2D eigenvalue weighted by molar-refractivity contribution is 5.80. The monoisotopic (exact) mass is 128 g/mol. The molecule has 0 saturated carbocycles. The molecule has 2 aliphatic heterocycles. The van der Waals surface area contributed by atoms with Crippen molar-refractivity contribution in [2.45, 2.75) is 25.2 Å². The molecule has 0 amide bonds. The maximum Gasteiger partial charge on any atom is 0.165 e. The highest BCUT2D eigenvalue weighted by Crippen LogP contribution is 2.23. The lowest BCUT2D eigenvalue weighted by atomic mass is 10.1. The van der Waals surface area contributed by atoms with Gasteiger partial charge in [-0.1, -0.05) is 0 Å². The molecule has 0 aromatic rings. The van der Waals surface area contributed by atoms with E-state index in [9.17, 15) is 4.79 Å². The predicted molar refractivity (Wildman–Crippen MR) is 28.9 cm³/mol. The molecular weight excluding hydrogens is 120 g/mol. The number of carbonyl (C=O) groups excluding carboxylic acids is 1. The van der Waals surface area contributed by atoms with E-state index in [1.807, 2.05) is 0 Å². The minimum absolute atomic E-state index is 0.0660. The minimum Gasteiger partial charge on any atom is -0.349 e. The van der Waals surface area contributed by atoms with Crippen LogP contribution in [0.5, 0.6) is 0 Å². The third-order valence-electron chi connectivity index (χ3n) is 1.66. The maximum atomic E-state index is 10.8. The van der Waals surface area contributed by atoms with Gasteiger partial charge in [-0.2, -0.15) is 0 Å². The second-order valence-electron chi connectivity index (χ2n) is 2.47. The average molecular weight is 128 g/mol. The Bertz CT molecular complexity index is 129. The molecule has 0 aromatic carbocycles. The molecule has 50 valence electrons. The topological polar surface area (TPSA) is 35.5 Å². The van der Waals surface area contributed by atoms with Gasteiger partial charge in [0, 0.05) is 6.42 Å². The number of ether oxygens (including phenoxy) is 2. The zero-order valence-electron chi connectivity index (χ0n) is 5.00. The van der Waals surface area contributed by atoms with Crippen LogP contribution in [0.25, 0.3) is 0 Å². The van der Waals surface area contributed by atoms with E-state index in [0.717, 1.165) is 0 Å². The normalized spacial score (nSPS) is 41.6. The van der Waals surface area contributed by atoms with Crippen molar-refractivity contribution in [3.05, 3.63) is 0 Å². The number of hydrogen-bond acceptors (Lipinski definition) is 3. The van der Waals surface area contributed by atoms with Crippen molar-refractivity contribution in [1.29, 1.82) is 0 Å². The van der Waals surface area contributed by atoms with Crippen LogP contribution in [0.4, 0.5) is 0 Å². The van der Waals surface area contributed by atoms with Crippen molar-refractivity contribution in [3.8, 4) is 0 Å². The van der Waals surface area contributed by atoms with Crippen LogP contribution < -0.4 is 0 Å². The van der Waals surface area contributed by atoms with Crippen LogP contribution in [0.2, 0.25) is 0 Å². The van der Waals surface area contributed by atoms with Gasteiger partial charge < -0.3 is 9.47 Å². The van der Waals surface area contributed by atoms with Crippen molar-refractivity contribution < 1.29 is 14.3 Å². The Hall–Kier alpha value is -0.410. The predicted octanol–water partition coefficient (Wildman–Crippen LogP) is 0.0908. The number of ketones is 1. The Morgan fingerprint density at radius 3 is 3.11 bits per heavy atom. The zero-order chi connectivity index (χ0) is 6.27. The summed E-state index contributed by atoms with van der Waals surface area (Å²) < 4.78 is 10.3. The van der Waals surface area contributed by atoms with Gasteiger partial charge in [0.05, 0.1) is 19.1 Å². The molecular formula is C6H8O3. The second-order valence-corrected chi connectivity index (χ2v) is 2.47. The molecule has 0 radical (unpaired) electrons. The fraction of sp³-hybridized carbons (Fsp3) is 0.833. The quantitative estimate of drug-likeness (QED) is 0.464. The van der Waals surface area contributed by atoms with Gasteiger partial charge in [0.1, 0.15) is 5.78 Å². The second kappa shape index (κ2) is 1.78. The smallest absolute Gasteiger partial charge is 0.165 e. The summed E-state index contributed by atoms with van der Waals surface area (Å²) in [4.78, 5) is 10.8. The number of rotatable bonds is 0. The molecule has 2 aliphatic rings. The number of Topliss-reactive ketones (excluding diaryl/α,β-unsaturated/α-hetero) is 1. The zero-order valence-corrected chi connectivity index (χ0v) is 5.00. The Morgan fingerprint density at radius 1 is 1.44 bits per heavy atom. The van der Waals surface area contributed by atoms with E-state index in [1.54, 1.807) is 0 Å². The molecule has 2 heterocycles. The lowest BCUT2D eigenvalue weighted by molar-refractivity contribution is -0.138. The highest BCUT2D eigenvalue weighted by atomic mass is 16.7. The van der Waals surface area contributed by atoms with Gasteiger partial charge in [0.25, 0.3) is 0 Å². The third-order valence-corrected chi connectivity index (χ3v) is 1.66. The third kappa shape index (κ3) is 0.862. The fourth-order valence-corrected chi connectivity index (χ4v) is 1.25. The van der Waals surface area contributed by atoms with E-state index in [4.69, 9.17) is 9.47 Å². The average Bonchev–Trinajstić information content (AvgIpc) is 2.11. The maximum absolute atomic E-state index is 10.8. The molecule has 2 fully saturated rings. The molecule has 2 atom stereocenters. The van der Waals surface area contributed by atoms with E-state index in [0.29, 0.717) is 19.4 Å². The van der Waals surface area contributed by atoms with Crippen molar-refractivity contribution >= 4 is 5.78 Å². The molecule has 9 heavy (non-hydrogen) atoms. The molecule has 2 bridgehead atoms. The molecule has 0 N–H and O–H groups in total. The Kier molecular flexibility index (Phi) is 1.07. The first kappa shape index (κ1) is 5.38. The van der Waals surface area contributed by atoms with Crippen molar-refractivity contribution in [3.63, 3.8) is 0 Å². The Labute approximate surface area is 52.9 Å². The summed E-state index contributed by atoms with van der Waals surface area (Å²) >= 11 is 0. The van der Waals surface area contributed by atoms with E-state index in [-0.39, 0.29) is 18.2 Å². The summed E-state index contributed by atoms with van der Waals surface area (Å²) in [7, 11) is 0. The van der Waals surface area contributed by atoms with E-state index in [2.05, 4.69) is 0 Å². The Balaban J connectivity index is 2.11. The van der Waals surface area contributed by atoms with Crippen LogP contribution in [0, 0.1) is 0 Å². The van der Waals surface area contributed by atoms with Crippen LogP contribution >= 0.6 is 0 Å². The van der Waals surface area contributed by atoms with Gasteiger partial charge in [-0.05, 0) is 0 Å². The van der Waals surface area contributed by atoms with Crippen molar-refractivity contribution in [2.24, 2.45) is 0 Å². The van der Waals surface area contributed by atoms with E-state index in [1.165, 1.54) is 0 Å². The van der Waals surface area contributed by atoms with Crippen LogP contribution in [0.3, 0.4) is 0 Å². The molecule has 0 spiro atoms. The van der Waals surface area contributed by atoms with Gasteiger partial charge >= 0.3 is 0 Å². The summed E-state index contributed by atoms with van der Waals surface area (Å²) in [5.41, 5.74) is 0. The highest BCUT2D eigenvalue weighted by Gasteiger charge is 2.34. The van der Waals surface area contributed by atoms with Gasteiger partial charge in [0.2, 0.25) is 0 Å². The van der Waals surface area contributed by atoms with E-state index < -0.39 is 0 Å². The SMILES string of the molecule is O=C1C[C@@H]2CO[C@@H](C1)O2. The molecule has 2 saturated heterocycles. The van der Waals surface area contributed by atoms with Gasteiger partial charge in [-0.15, -0.1) is 0 Å². The molecule has 3 nitrogen and oxygen atoms in total. The standard InChI is InChI=1S/C6H8O3/c7-4-1-5-3-8-6(2-4)9-5/h5-6H,1-3H2/t5-,6-/m1/s1. The Morgan fingerprint density at radius 2 is 2.33 bits per heavy atom. The summed E-state index contributed by atoms with van der Waals surface area (Å²) in [6, 6.07) is 0. The number of carbonyl (C=O) groups is 1. The minimum atomic E-state index is -0.212. The number of hydrogen-bond donors (Lipinski definition) is 0. The molecule has 3 heteroatoms. The summed E-state index contributed by atoms with van der Waals surface area (Å²) in [6.45, 7) is 0.608. The first-order valence-corrected chi connectivity index (χ1v) is 3.13. The van der Waals surface area contributed by atoms with Crippen molar-refractivity contribution in [2.75, 3.05) is 6.61 Å². The van der Waals surface area contributed by atoms with Crippen LogP contribution in [-0.2, 0) is 14.3 Å². The first-order valence-electron chi connectivity index (χ1n) is 3.13. The first-order chi connectivity index (χ1) is 4.34. The van der Waals surface area contributed by atoms with Crippen LogP contribution in [0.15, 0.2) is 0 Å². The lowest BCUT2D eigenvalue weighted by Gasteiger charge is -2.15. The largest absolute Gasteiger partial charge is 0.349 e. The van der Waals surface area contributed by atoms with Gasteiger partial charge in [-0.3, -0.25) is 4.79 Å². The summed E-state index contributed by atoms with van der Waals surface area (Å²) in [5.74, 6) is 0.272. The number of fused-ring (bicyclic) bond motifs is 2. The molecule has 0 unspecified atom stereocenters. The van der Waals surface area contributed by atoms with Crippen LogP contribution in [-0.4, -0.2) is 24.8 Å². The molecule has 0 aromatic heterocycles. The summed E-state index contributed by atoms with van der Waals surface area (Å²) in [6.07, 6.45) is 0.861. The fourth-order valence-electron chi connectivity index (χ4n) is 1.25. The lowest BCUT2D eigenvalue weighted by Crippen LogP contribution is -2.25.